The van der Waals surface area contributed by atoms with E-state index >= 15 is 0 Å². The van der Waals surface area contributed by atoms with Crippen molar-refractivity contribution in [3.63, 3.8) is 0 Å². The van der Waals surface area contributed by atoms with Gasteiger partial charge in [-0.15, -0.1) is 0 Å². The maximum atomic E-state index is 11.6. The van der Waals surface area contributed by atoms with Crippen molar-refractivity contribution in [2.75, 3.05) is 0 Å². The quantitative estimate of drug-likeness (QED) is 0.816. The Morgan fingerprint density at radius 3 is 2.40 bits per heavy atom. The molecule has 20 heavy (non-hydrogen) atoms. The second-order valence-corrected chi connectivity index (χ2v) is 5.21. The number of ether oxygens (including phenoxy) is 2. The highest BCUT2D eigenvalue weighted by atomic mass is 16.6. The maximum absolute atomic E-state index is 11.6. The molecule has 0 fully saturated rings. The molecule has 6 heteroatoms. The summed E-state index contributed by atoms with van der Waals surface area (Å²) in [5.41, 5.74) is 5.74. The van der Waals surface area contributed by atoms with Crippen LogP contribution in [-0.2, 0) is 20.9 Å². The van der Waals surface area contributed by atoms with Crippen LogP contribution in [0.2, 0.25) is 0 Å². The summed E-state index contributed by atoms with van der Waals surface area (Å²) >= 11 is 0. The third kappa shape index (κ3) is 6.31. The van der Waals surface area contributed by atoms with Gasteiger partial charge in [0, 0.05) is 0 Å². The fourth-order valence-electron chi connectivity index (χ4n) is 1.31. The Morgan fingerprint density at radius 2 is 1.85 bits per heavy atom. The molecule has 2 amide bonds. The lowest BCUT2D eigenvalue weighted by atomic mass is 10.2. The van der Waals surface area contributed by atoms with Gasteiger partial charge < -0.3 is 9.47 Å². The van der Waals surface area contributed by atoms with E-state index in [1.807, 2.05) is 35.6 Å². The largest absolute Gasteiger partial charge is 0.444 e. The number of hydrogen-bond donors (Lipinski definition) is 2. The first kappa shape index (κ1) is 16.1. The monoisotopic (exact) mass is 280 g/mol. The van der Waals surface area contributed by atoms with Crippen LogP contribution in [0.3, 0.4) is 0 Å². The van der Waals surface area contributed by atoms with Gasteiger partial charge in [0.15, 0.2) is 6.23 Å². The van der Waals surface area contributed by atoms with Crippen molar-refractivity contribution in [3.05, 3.63) is 35.9 Å². The van der Waals surface area contributed by atoms with Crippen molar-refractivity contribution in [1.29, 1.82) is 0 Å². The molecule has 0 saturated carbocycles. The zero-order chi connectivity index (χ0) is 15.2. The minimum atomic E-state index is -1.23. The number of rotatable bonds is 4. The van der Waals surface area contributed by atoms with Gasteiger partial charge in [0.1, 0.15) is 5.60 Å². The third-order valence-electron chi connectivity index (χ3n) is 2.15. The van der Waals surface area contributed by atoms with E-state index in [9.17, 15) is 9.59 Å². The summed E-state index contributed by atoms with van der Waals surface area (Å²) in [6, 6.07) is 9.27. The lowest BCUT2D eigenvalue weighted by Crippen LogP contribution is -2.46. The molecule has 0 aliphatic heterocycles. The van der Waals surface area contributed by atoms with E-state index in [4.69, 9.17) is 15.2 Å². The van der Waals surface area contributed by atoms with Crippen LogP contribution >= 0.6 is 0 Å². The van der Waals surface area contributed by atoms with Crippen molar-refractivity contribution in [2.24, 2.45) is 5.73 Å². The highest BCUT2D eigenvalue weighted by Gasteiger charge is 2.21. The first-order chi connectivity index (χ1) is 9.28. The van der Waals surface area contributed by atoms with Gasteiger partial charge >= 0.3 is 6.09 Å². The molecule has 0 aromatic heterocycles. The van der Waals surface area contributed by atoms with Gasteiger partial charge in [-0.25, -0.2) is 4.79 Å². The summed E-state index contributed by atoms with van der Waals surface area (Å²) in [5, 5.41) is 2.02. The summed E-state index contributed by atoms with van der Waals surface area (Å²) in [7, 11) is 0. The summed E-state index contributed by atoms with van der Waals surface area (Å²) in [5.74, 6) is -0.741. The predicted molar refractivity (Wildman–Crippen MR) is 73.6 cm³/mol. The molecular formula is C14H20N2O4. The molecule has 0 saturated heterocycles. The summed E-state index contributed by atoms with van der Waals surface area (Å²) in [4.78, 5) is 23.0. The highest BCUT2D eigenvalue weighted by Crippen LogP contribution is 2.06. The van der Waals surface area contributed by atoms with Gasteiger partial charge in [0.05, 0.1) is 6.61 Å². The van der Waals surface area contributed by atoms with Crippen molar-refractivity contribution in [1.82, 2.24) is 5.32 Å². The van der Waals surface area contributed by atoms with Gasteiger partial charge in [-0.05, 0) is 26.3 Å². The number of benzene rings is 1. The molecule has 0 bridgehead atoms. The Balaban J connectivity index is 2.38. The Morgan fingerprint density at radius 1 is 1.25 bits per heavy atom. The Kier molecular flexibility index (Phi) is 5.66. The minimum absolute atomic E-state index is 0.184. The van der Waals surface area contributed by atoms with E-state index in [0.29, 0.717) is 0 Å². The SMILES string of the molecule is CC(C)(C)OC(=O)NC(=O)C(N)OCc1ccccc1. The molecule has 1 aromatic carbocycles. The van der Waals surface area contributed by atoms with Crippen LogP contribution in [0.4, 0.5) is 4.79 Å². The second kappa shape index (κ2) is 7.02. The fourth-order valence-corrected chi connectivity index (χ4v) is 1.31. The molecular weight excluding hydrogens is 260 g/mol. The molecule has 0 radical (unpaired) electrons. The summed E-state index contributed by atoms with van der Waals surface area (Å²) in [6.07, 6.45) is -2.08. The molecule has 1 unspecified atom stereocenters. The number of amides is 2. The van der Waals surface area contributed by atoms with Crippen LogP contribution < -0.4 is 11.1 Å². The summed E-state index contributed by atoms with van der Waals surface area (Å²) < 4.78 is 10.1. The number of nitrogens with one attached hydrogen (secondary N) is 1. The van der Waals surface area contributed by atoms with Gasteiger partial charge in [-0.3, -0.25) is 15.8 Å². The Bertz CT molecular complexity index is 454. The van der Waals surface area contributed by atoms with E-state index in [1.165, 1.54) is 0 Å². The number of hydrogen-bond acceptors (Lipinski definition) is 5. The zero-order valence-electron chi connectivity index (χ0n) is 11.9. The minimum Gasteiger partial charge on any atom is -0.444 e. The van der Waals surface area contributed by atoms with Gasteiger partial charge in [-0.2, -0.15) is 0 Å². The van der Waals surface area contributed by atoms with Crippen molar-refractivity contribution in [2.45, 2.75) is 39.2 Å². The zero-order valence-corrected chi connectivity index (χ0v) is 11.9. The lowest BCUT2D eigenvalue weighted by Gasteiger charge is -2.20. The van der Waals surface area contributed by atoms with Crippen molar-refractivity contribution >= 4 is 12.0 Å². The van der Waals surface area contributed by atoms with Crippen LogP contribution in [0.25, 0.3) is 0 Å². The standard InChI is InChI=1S/C14H20N2O4/c1-14(2,3)20-13(18)16-12(17)11(15)19-9-10-7-5-4-6-8-10/h4-8,11H,9,15H2,1-3H3,(H,16,17,18). The van der Waals surface area contributed by atoms with Crippen LogP contribution in [0.5, 0.6) is 0 Å². The van der Waals surface area contributed by atoms with Gasteiger partial charge in [0.25, 0.3) is 5.91 Å². The van der Waals surface area contributed by atoms with Crippen molar-refractivity contribution < 1.29 is 19.1 Å². The van der Waals surface area contributed by atoms with Crippen LogP contribution in [0.15, 0.2) is 30.3 Å². The van der Waals surface area contributed by atoms with E-state index in [2.05, 4.69) is 0 Å². The lowest BCUT2D eigenvalue weighted by molar-refractivity contribution is -0.132. The van der Waals surface area contributed by atoms with Crippen LogP contribution in [0, 0.1) is 0 Å². The van der Waals surface area contributed by atoms with Crippen LogP contribution in [0.1, 0.15) is 26.3 Å². The number of carbonyl (C=O) groups excluding carboxylic acids is 2. The maximum Gasteiger partial charge on any atom is 0.414 e. The number of alkyl carbamates (subject to hydrolysis) is 1. The van der Waals surface area contributed by atoms with Crippen molar-refractivity contribution in [3.8, 4) is 0 Å². The number of carbonyl (C=O) groups is 2. The number of imide groups is 1. The second-order valence-electron chi connectivity index (χ2n) is 5.21. The Labute approximate surface area is 118 Å². The predicted octanol–water partition coefficient (Wildman–Crippen LogP) is 1.54. The van der Waals surface area contributed by atoms with Gasteiger partial charge in [0.2, 0.25) is 0 Å². The average molecular weight is 280 g/mol. The molecule has 110 valence electrons. The molecule has 1 rings (SSSR count). The summed E-state index contributed by atoms with van der Waals surface area (Å²) in [6.45, 7) is 5.28. The first-order valence-corrected chi connectivity index (χ1v) is 6.23. The molecule has 1 atom stereocenters. The molecule has 0 aliphatic carbocycles. The fraction of sp³-hybridized carbons (Fsp3) is 0.429. The molecule has 3 N–H and O–H groups in total. The molecule has 1 aromatic rings. The highest BCUT2D eigenvalue weighted by molar-refractivity contribution is 5.94. The normalized spacial score (nSPS) is 12.6. The number of nitrogens with two attached hydrogens (primary N) is 1. The smallest absolute Gasteiger partial charge is 0.414 e. The van der Waals surface area contributed by atoms with E-state index in [-0.39, 0.29) is 6.61 Å². The van der Waals surface area contributed by atoms with Gasteiger partial charge in [-0.1, -0.05) is 30.3 Å². The Hall–Kier alpha value is -1.92. The van der Waals surface area contributed by atoms with E-state index in [1.54, 1.807) is 20.8 Å². The topological polar surface area (TPSA) is 90.7 Å². The van der Waals surface area contributed by atoms with E-state index in [0.717, 1.165) is 5.56 Å². The molecule has 0 heterocycles. The molecule has 0 spiro atoms. The van der Waals surface area contributed by atoms with E-state index < -0.39 is 23.8 Å². The average Bonchev–Trinajstić information content (AvgIpc) is 2.34. The first-order valence-electron chi connectivity index (χ1n) is 6.23. The van der Waals surface area contributed by atoms with Crippen LogP contribution in [-0.4, -0.2) is 23.8 Å². The third-order valence-corrected chi connectivity index (χ3v) is 2.15. The molecule has 0 aliphatic rings. The molecule has 6 nitrogen and oxygen atoms in total.